The van der Waals surface area contributed by atoms with Crippen molar-refractivity contribution in [3.05, 3.63) is 70.9 Å². The molecule has 150 valence electrons. The first-order valence-electron chi connectivity index (χ1n) is 9.48. The van der Waals surface area contributed by atoms with Gasteiger partial charge in [0, 0.05) is 17.9 Å². The van der Waals surface area contributed by atoms with E-state index in [0.717, 1.165) is 27.0 Å². The van der Waals surface area contributed by atoms with Crippen LogP contribution >= 0.6 is 11.3 Å². The van der Waals surface area contributed by atoms with Crippen LogP contribution in [-0.4, -0.2) is 33.8 Å². The summed E-state index contributed by atoms with van der Waals surface area (Å²) in [7, 11) is 1.35. The van der Waals surface area contributed by atoms with Gasteiger partial charge in [-0.15, -0.1) is 0 Å². The van der Waals surface area contributed by atoms with Gasteiger partial charge in [0.1, 0.15) is 5.82 Å². The van der Waals surface area contributed by atoms with Crippen LogP contribution in [0.25, 0.3) is 15.3 Å². The van der Waals surface area contributed by atoms with Gasteiger partial charge in [-0.1, -0.05) is 35.6 Å². The highest BCUT2D eigenvalue weighted by Crippen LogP contribution is 2.41. The van der Waals surface area contributed by atoms with Gasteiger partial charge in [-0.05, 0) is 36.8 Å². The summed E-state index contributed by atoms with van der Waals surface area (Å²) in [5.74, 6) is 0.0451. The summed E-state index contributed by atoms with van der Waals surface area (Å²) in [5, 5.41) is 8.40. The summed E-state index contributed by atoms with van der Waals surface area (Å²) in [6.45, 7) is 1.94. The van der Waals surface area contributed by atoms with Gasteiger partial charge in [-0.3, -0.25) is 4.79 Å². The number of para-hydroxylation sites is 1. The number of ether oxygens (including phenoxy) is 1. The molecule has 0 spiro atoms. The Morgan fingerprint density at radius 3 is 2.70 bits per heavy atom. The first-order chi connectivity index (χ1) is 14.5. The van der Waals surface area contributed by atoms with Crippen LogP contribution in [0.4, 0.5) is 5.82 Å². The van der Waals surface area contributed by atoms with Crippen molar-refractivity contribution in [3.8, 4) is 5.13 Å². The number of methoxy groups -OCH3 is 1. The molecule has 1 aliphatic heterocycles. The van der Waals surface area contributed by atoms with Crippen LogP contribution in [0.2, 0.25) is 0 Å². The van der Waals surface area contributed by atoms with E-state index in [2.05, 4.69) is 10.3 Å². The van der Waals surface area contributed by atoms with Crippen molar-refractivity contribution in [1.82, 2.24) is 14.8 Å². The average molecular weight is 418 g/mol. The van der Waals surface area contributed by atoms with E-state index in [1.54, 1.807) is 16.8 Å². The van der Waals surface area contributed by atoms with E-state index in [1.807, 2.05) is 43.3 Å². The fraction of sp³-hybridized carbons (Fsp3) is 0.182. The van der Waals surface area contributed by atoms with E-state index in [1.165, 1.54) is 18.4 Å². The number of benzene rings is 2. The van der Waals surface area contributed by atoms with E-state index in [-0.39, 0.29) is 17.8 Å². The van der Waals surface area contributed by atoms with Crippen molar-refractivity contribution in [2.24, 2.45) is 0 Å². The molecular formula is C22H18N4O3S. The SMILES string of the molecule is COC(=O)c1ccc([C@H]2CC(=O)Nc3c2c(C)nn3-c2nc3ccccc3s2)cc1. The fourth-order valence-electron chi connectivity index (χ4n) is 3.89. The minimum Gasteiger partial charge on any atom is -0.465 e. The predicted molar refractivity (Wildman–Crippen MR) is 114 cm³/mol. The molecule has 0 unspecified atom stereocenters. The first-order valence-corrected chi connectivity index (χ1v) is 10.3. The lowest BCUT2D eigenvalue weighted by Crippen LogP contribution is -2.25. The van der Waals surface area contributed by atoms with Gasteiger partial charge >= 0.3 is 5.97 Å². The van der Waals surface area contributed by atoms with Crippen molar-refractivity contribution in [3.63, 3.8) is 0 Å². The number of hydrogen-bond donors (Lipinski definition) is 1. The molecule has 5 rings (SSSR count). The summed E-state index contributed by atoms with van der Waals surface area (Å²) >= 11 is 1.53. The maximum atomic E-state index is 12.6. The van der Waals surface area contributed by atoms with Crippen LogP contribution in [0.15, 0.2) is 48.5 Å². The zero-order valence-corrected chi connectivity index (χ0v) is 17.2. The van der Waals surface area contributed by atoms with E-state index < -0.39 is 0 Å². The van der Waals surface area contributed by atoms with Gasteiger partial charge in [0.2, 0.25) is 11.0 Å². The number of esters is 1. The van der Waals surface area contributed by atoms with Gasteiger partial charge in [0.05, 0.1) is 28.6 Å². The molecule has 0 saturated heterocycles. The standard InChI is InChI=1S/C22H18N4O3S/c1-12-19-15(13-7-9-14(10-8-13)21(28)29-2)11-18(27)24-20(19)26(25-12)22-23-16-5-3-4-6-17(16)30-22/h3-10,15H,11H2,1-2H3,(H,24,27)/t15-/m1/s1. The third-order valence-corrected chi connectivity index (χ3v) is 6.31. The molecule has 4 aromatic rings. The number of carbonyl (C=O) groups is 2. The lowest BCUT2D eigenvalue weighted by molar-refractivity contribution is -0.116. The van der Waals surface area contributed by atoms with E-state index in [9.17, 15) is 9.59 Å². The monoisotopic (exact) mass is 418 g/mol. The maximum absolute atomic E-state index is 12.6. The van der Waals surface area contributed by atoms with Crippen molar-refractivity contribution in [2.75, 3.05) is 12.4 Å². The minimum atomic E-state index is -0.386. The third kappa shape index (κ3) is 2.96. The Balaban J connectivity index is 1.60. The number of nitrogens with one attached hydrogen (secondary N) is 1. The predicted octanol–water partition coefficient (Wildman–Crippen LogP) is 4.05. The highest BCUT2D eigenvalue weighted by Gasteiger charge is 2.33. The summed E-state index contributed by atoms with van der Waals surface area (Å²) in [6, 6.07) is 15.1. The number of nitrogens with zero attached hydrogens (tertiary/aromatic N) is 3. The molecule has 7 nitrogen and oxygen atoms in total. The highest BCUT2D eigenvalue weighted by molar-refractivity contribution is 7.20. The largest absolute Gasteiger partial charge is 0.465 e. The molecule has 3 heterocycles. The lowest BCUT2D eigenvalue weighted by Gasteiger charge is -2.24. The van der Waals surface area contributed by atoms with Crippen LogP contribution in [0.3, 0.4) is 0 Å². The van der Waals surface area contributed by atoms with Crippen LogP contribution < -0.4 is 5.32 Å². The maximum Gasteiger partial charge on any atom is 0.337 e. The Morgan fingerprint density at radius 2 is 1.97 bits per heavy atom. The van der Waals surface area contributed by atoms with Gasteiger partial charge in [-0.2, -0.15) is 9.78 Å². The molecule has 0 saturated carbocycles. The van der Waals surface area contributed by atoms with E-state index >= 15 is 0 Å². The number of hydrogen-bond acceptors (Lipinski definition) is 6. The molecule has 0 bridgehead atoms. The van der Waals surface area contributed by atoms with Crippen molar-refractivity contribution in [1.29, 1.82) is 0 Å². The number of thiazole rings is 1. The summed E-state index contributed by atoms with van der Waals surface area (Å²) in [6.07, 6.45) is 0.316. The number of aryl methyl sites for hydroxylation is 1. The Morgan fingerprint density at radius 1 is 1.20 bits per heavy atom. The van der Waals surface area contributed by atoms with Gasteiger partial charge in [-0.25, -0.2) is 9.78 Å². The molecule has 8 heteroatoms. The topological polar surface area (TPSA) is 86.1 Å². The number of amides is 1. The van der Waals surface area contributed by atoms with Crippen LogP contribution in [0.1, 0.15) is 39.5 Å². The Bertz CT molecular complexity index is 1260. The van der Waals surface area contributed by atoms with E-state index in [0.29, 0.717) is 22.9 Å². The number of aromatic nitrogens is 3. The van der Waals surface area contributed by atoms with Crippen LogP contribution in [0, 0.1) is 6.92 Å². The normalized spacial score (nSPS) is 15.7. The number of fused-ring (bicyclic) bond motifs is 2. The van der Waals surface area contributed by atoms with Crippen molar-refractivity contribution < 1.29 is 14.3 Å². The molecular weight excluding hydrogens is 400 g/mol. The Kier molecular flexibility index (Phi) is 4.36. The van der Waals surface area contributed by atoms with Crippen molar-refractivity contribution in [2.45, 2.75) is 19.3 Å². The molecule has 0 radical (unpaired) electrons. The van der Waals surface area contributed by atoms with Crippen LogP contribution in [-0.2, 0) is 9.53 Å². The molecule has 0 fully saturated rings. The van der Waals surface area contributed by atoms with Gasteiger partial charge in [0.15, 0.2) is 0 Å². The average Bonchev–Trinajstić information content (AvgIpc) is 3.33. The molecule has 0 aliphatic carbocycles. The number of carbonyl (C=O) groups excluding carboxylic acids is 2. The highest BCUT2D eigenvalue weighted by atomic mass is 32.1. The molecule has 2 aromatic carbocycles. The van der Waals surface area contributed by atoms with Crippen molar-refractivity contribution >= 4 is 39.2 Å². The molecule has 1 aliphatic rings. The molecule has 2 aromatic heterocycles. The second-order valence-electron chi connectivity index (χ2n) is 7.14. The quantitative estimate of drug-likeness (QED) is 0.507. The fourth-order valence-corrected chi connectivity index (χ4v) is 4.81. The minimum absolute atomic E-state index is 0.0770. The summed E-state index contributed by atoms with van der Waals surface area (Å²) in [5.41, 5.74) is 4.14. The molecule has 1 N–H and O–H groups in total. The zero-order chi connectivity index (χ0) is 20.8. The summed E-state index contributed by atoms with van der Waals surface area (Å²) in [4.78, 5) is 29.0. The van der Waals surface area contributed by atoms with Crippen LogP contribution in [0.5, 0.6) is 0 Å². The van der Waals surface area contributed by atoms with Gasteiger partial charge in [0.25, 0.3) is 0 Å². The Hall–Kier alpha value is -3.52. The first kappa shape index (κ1) is 18.5. The molecule has 1 amide bonds. The summed E-state index contributed by atoms with van der Waals surface area (Å²) < 4.78 is 7.56. The van der Waals surface area contributed by atoms with Gasteiger partial charge < -0.3 is 10.1 Å². The lowest BCUT2D eigenvalue weighted by atomic mass is 9.85. The number of rotatable bonds is 3. The second-order valence-corrected chi connectivity index (χ2v) is 8.15. The molecule has 1 atom stereocenters. The smallest absolute Gasteiger partial charge is 0.337 e. The second kappa shape index (κ2) is 7.07. The Labute approximate surface area is 176 Å². The zero-order valence-electron chi connectivity index (χ0n) is 16.4. The third-order valence-electron chi connectivity index (χ3n) is 5.30. The molecule has 30 heavy (non-hydrogen) atoms. The number of anilines is 1. The van der Waals surface area contributed by atoms with E-state index in [4.69, 9.17) is 9.84 Å².